The number of aromatic nitrogens is 1. The summed E-state index contributed by atoms with van der Waals surface area (Å²) in [6.45, 7) is 11.9. The lowest BCUT2D eigenvalue weighted by molar-refractivity contribution is -0.137. The second-order valence-corrected chi connectivity index (χ2v) is 10.7. The Labute approximate surface area is 211 Å². The van der Waals surface area contributed by atoms with Gasteiger partial charge in [-0.1, -0.05) is 50.2 Å². The molecule has 1 saturated carbocycles. The Morgan fingerprint density at radius 3 is 2.69 bits per heavy atom. The molecule has 5 rings (SSSR count). The number of carboxylic acids is 1. The number of carbonyl (C=O) groups excluding carboxylic acids is 1. The van der Waals surface area contributed by atoms with E-state index in [0.717, 1.165) is 29.5 Å². The number of hydrogen-bond acceptors (Lipinski definition) is 3. The number of pyridine rings is 1. The van der Waals surface area contributed by atoms with Gasteiger partial charge < -0.3 is 10.4 Å². The number of nitrogens with one attached hydrogen (secondary N) is 1. The van der Waals surface area contributed by atoms with Crippen LogP contribution in [0.25, 0.3) is 16.0 Å². The Bertz CT molecular complexity index is 1390. The Hall–Kier alpha value is -3.98. The molecule has 6 nitrogen and oxygen atoms in total. The van der Waals surface area contributed by atoms with Gasteiger partial charge in [0.05, 0.1) is 6.57 Å². The van der Waals surface area contributed by atoms with Crippen molar-refractivity contribution in [2.24, 2.45) is 5.92 Å². The minimum atomic E-state index is -0.841. The molecule has 1 heterocycles. The number of fused-ring (bicyclic) bond motifs is 2. The predicted octanol–water partition coefficient (Wildman–Crippen LogP) is 6.28. The molecule has 1 amide bonds. The van der Waals surface area contributed by atoms with Crippen molar-refractivity contribution in [2.75, 3.05) is 5.32 Å². The summed E-state index contributed by atoms with van der Waals surface area (Å²) in [7, 11) is 0. The first-order valence-electron chi connectivity index (χ1n) is 12.3. The molecule has 0 saturated heterocycles. The van der Waals surface area contributed by atoms with E-state index in [1.807, 2.05) is 18.3 Å². The number of anilines is 1. The van der Waals surface area contributed by atoms with E-state index in [0.29, 0.717) is 24.2 Å². The summed E-state index contributed by atoms with van der Waals surface area (Å²) in [5.41, 5.74) is 6.43. The normalized spacial score (nSPS) is 21.0. The Kier molecular flexibility index (Phi) is 5.88. The molecule has 3 aromatic rings. The smallest absolute Gasteiger partial charge is 0.303 e. The van der Waals surface area contributed by atoms with Crippen LogP contribution in [-0.4, -0.2) is 22.0 Å². The molecule has 0 bridgehead atoms. The van der Waals surface area contributed by atoms with Gasteiger partial charge in [-0.05, 0) is 71.0 Å². The molecule has 2 atom stereocenters. The SMILES string of the molecule is [C-]#[N+]c1ccc(CCCC(=O)O)c(NC(=O)[C@@H]2C[C@]23CC(C)(C)c2ccc(-c4cccnc4)cc23)c1. The largest absolute Gasteiger partial charge is 0.481 e. The van der Waals surface area contributed by atoms with E-state index in [9.17, 15) is 9.59 Å². The highest BCUT2D eigenvalue weighted by Crippen LogP contribution is 2.66. The molecular weight excluding hydrogens is 450 g/mol. The van der Waals surface area contributed by atoms with Gasteiger partial charge in [-0.2, -0.15) is 0 Å². The first kappa shape index (κ1) is 23.7. The molecule has 1 aromatic heterocycles. The van der Waals surface area contributed by atoms with Crippen molar-refractivity contribution in [1.82, 2.24) is 4.98 Å². The second-order valence-electron chi connectivity index (χ2n) is 10.7. The monoisotopic (exact) mass is 479 g/mol. The Balaban J connectivity index is 1.41. The van der Waals surface area contributed by atoms with E-state index >= 15 is 0 Å². The van der Waals surface area contributed by atoms with Gasteiger partial charge in [0.2, 0.25) is 5.91 Å². The molecule has 0 radical (unpaired) electrons. The van der Waals surface area contributed by atoms with E-state index in [1.54, 1.807) is 18.3 Å². The van der Waals surface area contributed by atoms with E-state index in [2.05, 4.69) is 53.3 Å². The molecule has 36 heavy (non-hydrogen) atoms. The van der Waals surface area contributed by atoms with Gasteiger partial charge in [-0.3, -0.25) is 14.6 Å². The number of nitrogens with zero attached hydrogens (tertiary/aromatic N) is 2. The lowest BCUT2D eigenvalue weighted by Crippen LogP contribution is -2.22. The van der Waals surface area contributed by atoms with Crippen LogP contribution in [0.5, 0.6) is 0 Å². The van der Waals surface area contributed by atoms with Crippen molar-refractivity contribution in [3.63, 3.8) is 0 Å². The van der Waals surface area contributed by atoms with Crippen molar-refractivity contribution < 1.29 is 14.7 Å². The number of hydrogen-bond donors (Lipinski definition) is 2. The van der Waals surface area contributed by atoms with Gasteiger partial charge >= 0.3 is 5.97 Å². The summed E-state index contributed by atoms with van der Waals surface area (Å²) in [6.07, 6.45) is 6.40. The van der Waals surface area contributed by atoms with Crippen LogP contribution >= 0.6 is 0 Å². The average molecular weight is 480 g/mol. The quantitative estimate of drug-likeness (QED) is 0.391. The average Bonchev–Trinajstić information content (AvgIpc) is 3.53. The Morgan fingerprint density at radius 1 is 1.14 bits per heavy atom. The van der Waals surface area contributed by atoms with Crippen molar-refractivity contribution in [3.8, 4) is 11.1 Å². The van der Waals surface area contributed by atoms with E-state index in [1.165, 1.54) is 11.1 Å². The number of benzene rings is 2. The van der Waals surface area contributed by atoms with Crippen LogP contribution < -0.4 is 5.32 Å². The standard InChI is InChI=1S/C30H29N3O3/c1-29(2)18-30(24-14-20(10-12-23(24)29)21-7-5-13-32-17-21)16-25(30)28(36)33-26-15-22(31-3)11-9-19(26)6-4-8-27(34)35/h5,7,9-15,17,25H,4,6,8,16,18H2,1-2H3,(H,33,36)(H,34,35)/t25-,30+/m0/s1. The van der Waals surface area contributed by atoms with Crippen molar-refractivity contribution in [1.29, 1.82) is 0 Å². The van der Waals surface area contributed by atoms with Crippen LogP contribution in [-0.2, 0) is 26.8 Å². The maximum Gasteiger partial charge on any atom is 0.303 e. The molecule has 2 aliphatic carbocycles. The zero-order valence-corrected chi connectivity index (χ0v) is 20.5. The third-order valence-electron chi connectivity index (χ3n) is 7.75. The highest BCUT2D eigenvalue weighted by molar-refractivity contribution is 5.97. The second kappa shape index (κ2) is 8.91. The zero-order chi connectivity index (χ0) is 25.5. The zero-order valence-electron chi connectivity index (χ0n) is 20.5. The van der Waals surface area contributed by atoms with Crippen molar-refractivity contribution >= 4 is 23.3 Å². The summed E-state index contributed by atoms with van der Waals surface area (Å²) >= 11 is 0. The van der Waals surface area contributed by atoms with Crippen LogP contribution in [0, 0.1) is 12.5 Å². The van der Waals surface area contributed by atoms with Crippen LogP contribution in [0.2, 0.25) is 0 Å². The molecule has 2 N–H and O–H groups in total. The number of aryl methyl sites for hydroxylation is 1. The molecule has 0 aliphatic heterocycles. The molecule has 1 spiro atoms. The number of carboxylic acid groups (broad SMARTS) is 1. The number of amides is 1. The van der Waals surface area contributed by atoms with E-state index < -0.39 is 5.97 Å². The lowest BCUT2D eigenvalue weighted by Gasteiger charge is -2.19. The maximum absolute atomic E-state index is 13.6. The summed E-state index contributed by atoms with van der Waals surface area (Å²) in [6, 6.07) is 15.8. The lowest BCUT2D eigenvalue weighted by atomic mass is 9.85. The number of aliphatic carboxylic acids is 1. The molecule has 0 unspecified atom stereocenters. The van der Waals surface area contributed by atoms with E-state index in [-0.39, 0.29) is 29.1 Å². The highest BCUT2D eigenvalue weighted by atomic mass is 16.4. The topological polar surface area (TPSA) is 83.6 Å². The minimum absolute atomic E-state index is 0.0240. The highest BCUT2D eigenvalue weighted by Gasteiger charge is 2.65. The van der Waals surface area contributed by atoms with Crippen molar-refractivity contribution in [3.05, 3.63) is 89.0 Å². The first-order valence-corrected chi connectivity index (χ1v) is 12.3. The molecule has 2 aliphatic rings. The molecule has 182 valence electrons. The van der Waals surface area contributed by atoms with Gasteiger partial charge in [0.25, 0.3) is 0 Å². The van der Waals surface area contributed by atoms with Gasteiger partial charge in [-0.25, -0.2) is 4.85 Å². The van der Waals surface area contributed by atoms with Crippen LogP contribution in [0.4, 0.5) is 11.4 Å². The molecule has 2 aromatic carbocycles. The van der Waals surface area contributed by atoms with Gasteiger partial charge in [0, 0.05) is 35.8 Å². The van der Waals surface area contributed by atoms with Crippen LogP contribution in [0.15, 0.2) is 60.9 Å². The molecule has 6 heteroatoms. The number of rotatable bonds is 7. The molecule has 1 fully saturated rings. The number of carbonyl (C=O) groups is 2. The molecular formula is C30H29N3O3. The summed E-state index contributed by atoms with van der Waals surface area (Å²) < 4.78 is 0. The van der Waals surface area contributed by atoms with Crippen LogP contribution in [0.1, 0.15) is 56.2 Å². The van der Waals surface area contributed by atoms with Crippen molar-refractivity contribution in [2.45, 2.75) is 56.8 Å². The summed E-state index contributed by atoms with van der Waals surface area (Å²) in [5, 5.41) is 12.1. The van der Waals surface area contributed by atoms with Gasteiger partial charge in [-0.15, -0.1) is 0 Å². The third-order valence-corrected chi connectivity index (χ3v) is 7.75. The fourth-order valence-electron chi connectivity index (χ4n) is 6.00. The first-order chi connectivity index (χ1) is 17.2. The van der Waals surface area contributed by atoms with E-state index in [4.69, 9.17) is 11.7 Å². The fourth-order valence-corrected chi connectivity index (χ4v) is 6.00. The third kappa shape index (κ3) is 4.26. The summed E-state index contributed by atoms with van der Waals surface area (Å²) in [5.74, 6) is -1.02. The minimum Gasteiger partial charge on any atom is -0.481 e. The fraction of sp³-hybridized carbons (Fsp3) is 0.333. The Morgan fingerprint density at radius 2 is 1.97 bits per heavy atom. The maximum atomic E-state index is 13.6. The predicted molar refractivity (Wildman–Crippen MR) is 139 cm³/mol. The van der Waals surface area contributed by atoms with Gasteiger partial charge in [0.15, 0.2) is 5.69 Å². The van der Waals surface area contributed by atoms with Gasteiger partial charge in [0.1, 0.15) is 0 Å². The summed E-state index contributed by atoms with van der Waals surface area (Å²) in [4.78, 5) is 32.3. The van der Waals surface area contributed by atoms with Crippen LogP contribution in [0.3, 0.4) is 0 Å².